The van der Waals surface area contributed by atoms with Crippen LogP contribution in [0.3, 0.4) is 0 Å². The van der Waals surface area contributed by atoms with Gasteiger partial charge in [0.05, 0.1) is 6.61 Å². The van der Waals surface area contributed by atoms with Crippen molar-refractivity contribution in [3.63, 3.8) is 0 Å². The first-order valence-electron chi connectivity index (χ1n) is 8.38. The highest BCUT2D eigenvalue weighted by molar-refractivity contribution is 5.98. The summed E-state index contributed by atoms with van der Waals surface area (Å²) in [5.41, 5.74) is 6.93. The van der Waals surface area contributed by atoms with Crippen molar-refractivity contribution in [2.75, 3.05) is 36.5 Å². The molecule has 0 radical (unpaired) electrons. The second-order valence-electron chi connectivity index (χ2n) is 6.21. The number of hydrogen-bond donors (Lipinski definition) is 3. The maximum absolute atomic E-state index is 12.3. The Balaban J connectivity index is 1.58. The van der Waals surface area contributed by atoms with Gasteiger partial charge in [0.2, 0.25) is 11.8 Å². The minimum atomic E-state index is -0.756. The molecular formula is C17H22N4O4. The van der Waals surface area contributed by atoms with E-state index in [0.717, 1.165) is 18.5 Å². The number of carbonyl (C=O) groups is 3. The van der Waals surface area contributed by atoms with Crippen molar-refractivity contribution in [2.45, 2.75) is 18.9 Å². The fourth-order valence-electron chi connectivity index (χ4n) is 2.61. The van der Waals surface area contributed by atoms with Gasteiger partial charge in [-0.2, -0.15) is 0 Å². The van der Waals surface area contributed by atoms with E-state index >= 15 is 0 Å². The van der Waals surface area contributed by atoms with Crippen molar-refractivity contribution in [1.82, 2.24) is 5.32 Å². The first-order valence-corrected chi connectivity index (χ1v) is 8.38. The van der Waals surface area contributed by atoms with Gasteiger partial charge in [-0.3, -0.25) is 14.4 Å². The van der Waals surface area contributed by atoms with Crippen LogP contribution >= 0.6 is 0 Å². The summed E-state index contributed by atoms with van der Waals surface area (Å²) in [5, 5.41) is 5.41. The Morgan fingerprint density at radius 1 is 1.28 bits per heavy atom. The second kappa shape index (κ2) is 7.62. The quantitative estimate of drug-likeness (QED) is 0.662. The van der Waals surface area contributed by atoms with Crippen LogP contribution in [-0.2, 0) is 19.1 Å². The third-order valence-electron chi connectivity index (χ3n) is 4.25. The Bertz CT molecular complexity index is 657. The zero-order chi connectivity index (χ0) is 17.8. The van der Waals surface area contributed by atoms with Crippen LogP contribution in [0.15, 0.2) is 24.3 Å². The molecule has 3 amide bonds. The van der Waals surface area contributed by atoms with Crippen molar-refractivity contribution in [1.29, 1.82) is 0 Å². The van der Waals surface area contributed by atoms with E-state index < -0.39 is 6.04 Å². The van der Waals surface area contributed by atoms with Gasteiger partial charge in [0.1, 0.15) is 12.6 Å². The third kappa shape index (κ3) is 4.34. The lowest BCUT2D eigenvalue weighted by atomic mass is 10.2. The lowest BCUT2D eigenvalue weighted by molar-refractivity contribution is -0.127. The van der Waals surface area contributed by atoms with E-state index in [4.69, 9.17) is 10.5 Å². The van der Waals surface area contributed by atoms with E-state index in [0.29, 0.717) is 18.8 Å². The highest BCUT2D eigenvalue weighted by atomic mass is 16.5. The molecule has 1 saturated carbocycles. The summed E-state index contributed by atoms with van der Waals surface area (Å²) in [7, 11) is 0. The standard InChI is InChI=1S/C17H22N4O4/c18-9-14(20-16(23)11-1-2-11)17(24)19-12-3-5-13(6-4-12)21-7-8-25-10-15(21)22/h3-6,11,14H,1-2,7-10,18H2,(H,19,24)(H,20,23)/t14-/m1/s1. The van der Waals surface area contributed by atoms with Crippen LogP contribution in [-0.4, -0.2) is 50.1 Å². The zero-order valence-electron chi connectivity index (χ0n) is 13.9. The summed E-state index contributed by atoms with van der Waals surface area (Å²) in [5.74, 6) is -0.542. The molecule has 1 saturated heterocycles. The van der Waals surface area contributed by atoms with Gasteiger partial charge in [-0.15, -0.1) is 0 Å². The Labute approximate surface area is 145 Å². The summed E-state index contributed by atoms with van der Waals surface area (Å²) >= 11 is 0. The minimum Gasteiger partial charge on any atom is -0.370 e. The van der Waals surface area contributed by atoms with Crippen LogP contribution in [0.25, 0.3) is 0 Å². The highest BCUT2D eigenvalue weighted by Gasteiger charge is 2.32. The Morgan fingerprint density at radius 2 is 2.00 bits per heavy atom. The number of nitrogens with two attached hydrogens (primary N) is 1. The van der Waals surface area contributed by atoms with E-state index in [9.17, 15) is 14.4 Å². The molecule has 2 aliphatic rings. The summed E-state index contributed by atoms with van der Waals surface area (Å²) in [4.78, 5) is 37.5. The Kier molecular flexibility index (Phi) is 5.30. The van der Waals surface area contributed by atoms with Crippen molar-refractivity contribution in [3.8, 4) is 0 Å². The maximum Gasteiger partial charge on any atom is 0.253 e. The van der Waals surface area contributed by atoms with Crippen molar-refractivity contribution in [2.24, 2.45) is 11.7 Å². The number of anilines is 2. The lowest BCUT2D eigenvalue weighted by Gasteiger charge is -2.27. The van der Waals surface area contributed by atoms with Crippen LogP contribution in [0.1, 0.15) is 12.8 Å². The summed E-state index contributed by atoms with van der Waals surface area (Å²) in [6.45, 7) is 1.12. The molecule has 8 heteroatoms. The molecule has 4 N–H and O–H groups in total. The molecule has 0 bridgehead atoms. The molecular weight excluding hydrogens is 324 g/mol. The predicted octanol–water partition coefficient (Wildman–Crippen LogP) is -0.158. The van der Waals surface area contributed by atoms with Gasteiger partial charge in [0.25, 0.3) is 5.91 Å². The summed E-state index contributed by atoms with van der Waals surface area (Å²) in [6, 6.07) is 6.20. The average molecular weight is 346 g/mol. The van der Waals surface area contributed by atoms with Crippen molar-refractivity contribution >= 4 is 29.1 Å². The largest absolute Gasteiger partial charge is 0.370 e. The first kappa shape index (κ1) is 17.4. The molecule has 8 nitrogen and oxygen atoms in total. The van der Waals surface area contributed by atoms with E-state index in [1.54, 1.807) is 29.2 Å². The molecule has 134 valence electrons. The molecule has 0 unspecified atom stereocenters. The first-order chi connectivity index (χ1) is 12.1. The van der Waals surface area contributed by atoms with E-state index in [2.05, 4.69) is 10.6 Å². The number of amides is 3. The molecule has 1 aliphatic heterocycles. The van der Waals surface area contributed by atoms with Crippen molar-refractivity contribution < 1.29 is 19.1 Å². The number of hydrogen-bond acceptors (Lipinski definition) is 5. The Morgan fingerprint density at radius 3 is 2.60 bits per heavy atom. The molecule has 0 spiro atoms. The number of morpholine rings is 1. The lowest BCUT2D eigenvalue weighted by Crippen LogP contribution is -2.48. The van der Waals surface area contributed by atoms with Gasteiger partial charge in [0.15, 0.2) is 0 Å². The SMILES string of the molecule is NC[C@@H](NC(=O)C1CC1)C(=O)Nc1ccc(N2CCOCC2=O)cc1. The molecule has 1 aliphatic carbocycles. The number of nitrogens with zero attached hydrogens (tertiary/aromatic N) is 1. The van der Waals surface area contributed by atoms with Gasteiger partial charge in [-0.05, 0) is 37.1 Å². The molecule has 0 aromatic heterocycles. The fourth-order valence-corrected chi connectivity index (χ4v) is 2.61. The number of ether oxygens (including phenoxy) is 1. The smallest absolute Gasteiger partial charge is 0.253 e. The minimum absolute atomic E-state index is 0.0205. The highest BCUT2D eigenvalue weighted by Crippen LogP contribution is 2.28. The molecule has 3 rings (SSSR count). The molecule has 1 aromatic carbocycles. The molecule has 1 atom stereocenters. The van der Waals surface area contributed by atoms with Crippen LogP contribution < -0.4 is 21.3 Å². The van der Waals surface area contributed by atoms with Gasteiger partial charge >= 0.3 is 0 Å². The van der Waals surface area contributed by atoms with Gasteiger partial charge < -0.3 is 26.0 Å². The van der Waals surface area contributed by atoms with Crippen LogP contribution in [0.5, 0.6) is 0 Å². The Hall–Kier alpha value is -2.45. The molecule has 1 aromatic rings. The monoisotopic (exact) mass is 346 g/mol. The summed E-state index contributed by atoms with van der Waals surface area (Å²) < 4.78 is 5.11. The average Bonchev–Trinajstić information content (AvgIpc) is 3.46. The maximum atomic E-state index is 12.3. The van der Waals surface area contributed by atoms with E-state index in [-0.39, 0.29) is 36.8 Å². The van der Waals surface area contributed by atoms with Crippen molar-refractivity contribution in [3.05, 3.63) is 24.3 Å². The molecule has 1 heterocycles. The zero-order valence-corrected chi connectivity index (χ0v) is 13.9. The number of nitrogens with one attached hydrogen (secondary N) is 2. The number of carbonyl (C=O) groups excluding carboxylic acids is 3. The van der Waals surface area contributed by atoms with Crippen LogP contribution in [0.2, 0.25) is 0 Å². The summed E-state index contributed by atoms with van der Waals surface area (Å²) in [6.07, 6.45) is 1.74. The number of rotatable bonds is 6. The molecule has 25 heavy (non-hydrogen) atoms. The predicted molar refractivity (Wildman–Crippen MR) is 92.0 cm³/mol. The van der Waals surface area contributed by atoms with Gasteiger partial charge in [-0.25, -0.2) is 0 Å². The fraction of sp³-hybridized carbons (Fsp3) is 0.471. The normalized spacial score (nSPS) is 18.6. The molecule has 2 fully saturated rings. The van der Waals surface area contributed by atoms with Crippen LogP contribution in [0.4, 0.5) is 11.4 Å². The third-order valence-corrected chi connectivity index (χ3v) is 4.25. The second-order valence-corrected chi connectivity index (χ2v) is 6.21. The van der Waals surface area contributed by atoms with Gasteiger partial charge in [-0.1, -0.05) is 0 Å². The van der Waals surface area contributed by atoms with Crippen LogP contribution in [0, 0.1) is 5.92 Å². The topological polar surface area (TPSA) is 114 Å². The van der Waals surface area contributed by atoms with E-state index in [1.807, 2.05) is 0 Å². The van der Waals surface area contributed by atoms with Gasteiger partial charge in [0, 0.05) is 30.4 Å². The number of benzene rings is 1. The van der Waals surface area contributed by atoms with E-state index in [1.165, 1.54) is 0 Å².